The summed E-state index contributed by atoms with van der Waals surface area (Å²) in [4.78, 5) is 46.7. The number of aliphatic hydroxyl groups excluding tert-OH is 1. The number of anilines is 2. The highest BCUT2D eigenvalue weighted by Crippen LogP contribution is 2.38. The first-order valence-electron chi connectivity index (χ1n) is 13.0. The molecule has 4 N–H and O–H groups in total. The molecule has 1 amide bonds. The Morgan fingerprint density at radius 1 is 1.10 bits per heavy atom. The summed E-state index contributed by atoms with van der Waals surface area (Å²) in [7, 11) is 0. The van der Waals surface area contributed by atoms with E-state index in [2.05, 4.69) is 26.7 Å². The number of carboxylic acids is 1. The second kappa shape index (κ2) is 13.1. The minimum absolute atomic E-state index is 0.202. The average Bonchev–Trinajstić information content (AvgIpc) is 3.28. The van der Waals surface area contributed by atoms with E-state index in [9.17, 15) is 23.1 Å². The topological polar surface area (TPSA) is 171 Å². The first kappa shape index (κ1) is 31.3. The molecule has 2 saturated heterocycles. The van der Waals surface area contributed by atoms with Crippen molar-refractivity contribution in [2.75, 3.05) is 63.1 Å². The fourth-order valence-electron chi connectivity index (χ4n) is 4.44. The monoisotopic (exact) mass is 612 g/mol. The number of rotatable bonds is 5. The van der Waals surface area contributed by atoms with Gasteiger partial charge in [-0.25, -0.2) is 24.7 Å². The lowest BCUT2D eigenvalue weighted by molar-refractivity contribution is -0.192. The minimum Gasteiger partial charge on any atom is -0.475 e. The number of fused-ring (bicyclic) bond motifs is 1. The van der Waals surface area contributed by atoms with Crippen molar-refractivity contribution in [3.05, 3.63) is 22.8 Å². The summed E-state index contributed by atoms with van der Waals surface area (Å²) >= 11 is 1.74. The van der Waals surface area contributed by atoms with Gasteiger partial charge in [0.1, 0.15) is 6.10 Å². The van der Waals surface area contributed by atoms with Crippen LogP contribution in [-0.2, 0) is 20.9 Å². The van der Waals surface area contributed by atoms with Crippen LogP contribution in [0.4, 0.5) is 24.9 Å². The summed E-state index contributed by atoms with van der Waals surface area (Å²) in [6, 6.07) is 0. The summed E-state index contributed by atoms with van der Waals surface area (Å²) in [6.45, 7) is 10.1. The molecule has 3 aromatic heterocycles. The second-order valence-corrected chi connectivity index (χ2v) is 10.8. The van der Waals surface area contributed by atoms with Crippen molar-refractivity contribution in [1.82, 2.24) is 29.7 Å². The van der Waals surface area contributed by atoms with E-state index in [-0.39, 0.29) is 11.9 Å². The molecule has 0 unspecified atom stereocenters. The fraction of sp³-hybridized carbons (Fsp3) is 0.520. The standard InChI is InChI=1S/C23H30N8O3S.C2HF3O2/c1-14-17(13-29-3-5-31(6-4-29)22(33)15(2)32)35-19-18(14)27-20(16-11-25-23(24)26-12-16)28-21(19)30-7-9-34-10-8-30;3-2(4,5)1(6)7/h11-12,15,32H,3-10,13H2,1-2H3,(H2,24,25,26);(H,6,7)/t15-;/m1./s1. The maximum atomic E-state index is 12.1. The van der Waals surface area contributed by atoms with Crippen molar-refractivity contribution in [2.24, 2.45) is 0 Å². The quantitative estimate of drug-likeness (QED) is 0.380. The molecule has 1 atom stereocenters. The Labute approximate surface area is 242 Å². The SMILES string of the molecule is Cc1c(CN2CCN(C(=O)[C@@H](C)O)CC2)sc2c(N3CCOCC3)nc(-c3cnc(N)nc3)nc12.O=C(O)C(F)(F)F. The third-order valence-electron chi connectivity index (χ3n) is 6.74. The van der Waals surface area contributed by atoms with E-state index >= 15 is 0 Å². The van der Waals surface area contributed by atoms with Gasteiger partial charge in [-0.3, -0.25) is 9.69 Å². The van der Waals surface area contributed by atoms with E-state index in [1.54, 1.807) is 28.6 Å². The number of carbonyl (C=O) groups excluding carboxylic acids is 1. The summed E-state index contributed by atoms with van der Waals surface area (Å²) in [5.41, 5.74) is 8.48. The van der Waals surface area contributed by atoms with E-state index in [1.165, 1.54) is 11.8 Å². The molecule has 2 aliphatic rings. The van der Waals surface area contributed by atoms with Crippen LogP contribution in [-0.4, -0.2) is 117 Å². The Bertz CT molecular complexity index is 1410. The predicted molar refractivity (Wildman–Crippen MR) is 148 cm³/mol. The summed E-state index contributed by atoms with van der Waals surface area (Å²) in [6.07, 6.45) is -2.73. The maximum absolute atomic E-state index is 12.1. The zero-order valence-electron chi connectivity index (χ0n) is 23.0. The van der Waals surface area contributed by atoms with E-state index in [1.807, 2.05) is 0 Å². The summed E-state index contributed by atoms with van der Waals surface area (Å²) in [5, 5.41) is 16.7. The Kier molecular flexibility index (Phi) is 9.75. The molecule has 0 bridgehead atoms. The molecule has 3 aromatic rings. The van der Waals surface area contributed by atoms with Gasteiger partial charge in [0, 0.05) is 63.1 Å². The number of piperazine rings is 1. The molecular weight excluding hydrogens is 581 g/mol. The first-order valence-corrected chi connectivity index (χ1v) is 13.9. The number of amides is 1. The number of alkyl halides is 3. The number of carbonyl (C=O) groups is 2. The Hall–Kier alpha value is -3.67. The van der Waals surface area contributed by atoms with Gasteiger partial charge >= 0.3 is 12.1 Å². The molecule has 42 heavy (non-hydrogen) atoms. The number of aromatic nitrogens is 4. The van der Waals surface area contributed by atoms with Crippen molar-refractivity contribution < 1.29 is 37.7 Å². The lowest BCUT2D eigenvalue weighted by atomic mass is 10.2. The van der Waals surface area contributed by atoms with E-state index in [0.29, 0.717) is 32.1 Å². The van der Waals surface area contributed by atoms with Crippen molar-refractivity contribution in [3.8, 4) is 11.4 Å². The molecule has 0 aliphatic carbocycles. The summed E-state index contributed by atoms with van der Waals surface area (Å²) in [5.74, 6) is -1.25. The molecule has 17 heteroatoms. The van der Waals surface area contributed by atoms with E-state index in [4.69, 9.17) is 30.3 Å². The van der Waals surface area contributed by atoms with Gasteiger partial charge in [-0.1, -0.05) is 0 Å². The Morgan fingerprint density at radius 2 is 1.69 bits per heavy atom. The largest absolute Gasteiger partial charge is 0.490 e. The summed E-state index contributed by atoms with van der Waals surface area (Å²) < 4.78 is 38.4. The van der Waals surface area contributed by atoms with Crippen LogP contribution in [0.5, 0.6) is 0 Å². The van der Waals surface area contributed by atoms with Crippen LogP contribution in [0.15, 0.2) is 12.4 Å². The van der Waals surface area contributed by atoms with Crippen molar-refractivity contribution in [2.45, 2.75) is 32.7 Å². The van der Waals surface area contributed by atoms with Gasteiger partial charge in [-0.2, -0.15) is 13.2 Å². The van der Waals surface area contributed by atoms with Crippen LogP contribution in [0.2, 0.25) is 0 Å². The number of halogens is 3. The Morgan fingerprint density at radius 3 is 2.24 bits per heavy atom. The number of aliphatic carboxylic acids is 1. The average molecular weight is 613 g/mol. The van der Waals surface area contributed by atoms with Crippen LogP contribution in [0.3, 0.4) is 0 Å². The lowest BCUT2D eigenvalue weighted by Gasteiger charge is -2.35. The van der Waals surface area contributed by atoms with E-state index in [0.717, 1.165) is 59.9 Å². The van der Waals surface area contributed by atoms with Crippen molar-refractivity contribution in [1.29, 1.82) is 0 Å². The molecule has 0 aromatic carbocycles. The third-order valence-corrected chi connectivity index (χ3v) is 8.00. The van der Waals surface area contributed by atoms with Crippen molar-refractivity contribution >= 4 is 45.2 Å². The molecule has 0 radical (unpaired) electrons. The number of nitrogen functional groups attached to an aromatic ring is 1. The third kappa shape index (κ3) is 7.39. The lowest BCUT2D eigenvalue weighted by Crippen LogP contribution is -2.50. The molecule has 0 saturated carbocycles. The second-order valence-electron chi connectivity index (χ2n) is 9.71. The first-order chi connectivity index (χ1) is 19.8. The van der Waals surface area contributed by atoms with Crippen LogP contribution in [0.25, 0.3) is 21.6 Å². The normalized spacial score (nSPS) is 17.1. The van der Waals surface area contributed by atoms with Crippen molar-refractivity contribution in [3.63, 3.8) is 0 Å². The number of carboxylic acid groups (broad SMARTS) is 1. The number of hydrogen-bond donors (Lipinski definition) is 3. The maximum Gasteiger partial charge on any atom is 0.490 e. The molecular formula is C25H31F3N8O5S. The van der Waals surface area contributed by atoms with Gasteiger partial charge < -0.3 is 30.5 Å². The van der Waals surface area contributed by atoms with Crippen LogP contribution in [0.1, 0.15) is 17.4 Å². The molecule has 2 aliphatic heterocycles. The minimum atomic E-state index is -5.08. The van der Waals surface area contributed by atoms with Crippen LogP contribution < -0.4 is 10.6 Å². The molecule has 0 spiro atoms. The number of morpholine rings is 1. The van der Waals surface area contributed by atoms with Gasteiger partial charge in [0.2, 0.25) is 5.95 Å². The van der Waals surface area contributed by atoms with Crippen LogP contribution >= 0.6 is 11.3 Å². The zero-order valence-corrected chi connectivity index (χ0v) is 23.8. The van der Waals surface area contributed by atoms with Gasteiger partial charge in [0.15, 0.2) is 11.6 Å². The van der Waals surface area contributed by atoms with Gasteiger partial charge in [-0.05, 0) is 19.4 Å². The van der Waals surface area contributed by atoms with Gasteiger partial charge in [0.05, 0.1) is 29.0 Å². The number of hydrogen-bond acceptors (Lipinski definition) is 12. The number of nitrogens with zero attached hydrogens (tertiary/aromatic N) is 7. The zero-order chi connectivity index (χ0) is 30.6. The number of nitrogens with two attached hydrogens (primary N) is 1. The number of aliphatic hydroxyl groups is 1. The molecule has 5 heterocycles. The number of aryl methyl sites for hydroxylation is 1. The fourth-order valence-corrected chi connectivity index (χ4v) is 5.74. The molecule has 228 valence electrons. The smallest absolute Gasteiger partial charge is 0.475 e. The molecule has 13 nitrogen and oxygen atoms in total. The molecule has 5 rings (SSSR count). The highest BCUT2D eigenvalue weighted by molar-refractivity contribution is 7.19. The van der Waals surface area contributed by atoms with Gasteiger partial charge in [-0.15, -0.1) is 11.3 Å². The number of ether oxygens (including phenoxy) is 1. The van der Waals surface area contributed by atoms with E-state index < -0.39 is 18.2 Å². The van der Waals surface area contributed by atoms with Gasteiger partial charge in [0.25, 0.3) is 5.91 Å². The highest BCUT2D eigenvalue weighted by atomic mass is 32.1. The number of thiophene rings is 1. The predicted octanol–water partition coefficient (Wildman–Crippen LogP) is 1.53. The Balaban J connectivity index is 0.000000517. The molecule has 2 fully saturated rings. The highest BCUT2D eigenvalue weighted by Gasteiger charge is 2.38. The van der Waals surface area contributed by atoms with Crippen LogP contribution in [0, 0.1) is 6.92 Å².